The molecule has 0 aromatic heterocycles. The second-order valence-corrected chi connectivity index (χ2v) is 14.3. The van der Waals surface area contributed by atoms with Gasteiger partial charge in [0.25, 0.3) is 0 Å². The molecule has 2 aromatic rings. The summed E-state index contributed by atoms with van der Waals surface area (Å²) in [5, 5.41) is 9.98. The van der Waals surface area contributed by atoms with Crippen molar-refractivity contribution in [2.75, 3.05) is 11.9 Å². The van der Waals surface area contributed by atoms with Crippen LogP contribution >= 0.6 is 23.2 Å². The molecule has 2 amide bonds. The molecule has 1 spiro atoms. The number of Topliss-reactive ketones (excluding diaryl/α,β-unsaturated/α-hetero) is 1. The molecule has 5 N–H and O–H groups in total. The number of anilines is 1. The molecule has 41 heavy (non-hydrogen) atoms. The molecule has 220 valence electrons. The third-order valence-corrected chi connectivity index (χ3v) is 9.42. The smallest absolute Gasteiger partial charge is 0.238 e. The van der Waals surface area contributed by atoms with Gasteiger partial charge in [-0.2, -0.15) is 0 Å². The number of halogens is 3. The summed E-state index contributed by atoms with van der Waals surface area (Å²) in [6.45, 7) is 8.21. The summed E-state index contributed by atoms with van der Waals surface area (Å²) in [6.07, 6.45) is 2.16. The van der Waals surface area contributed by atoms with E-state index in [-0.39, 0.29) is 51.6 Å². The van der Waals surface area contributed by atoms with Crippen molar-refractivity contribution in [2.45, 2.75) is 82.8 Å². The molecule has 2 aliphatic heterocycles. The van der Waals surface area contributed by atoms with Crippen molar-refractivity contribution >= 4 is 46.5 Å². The van der Waals surface area contributed by atoms with Crippen LogP contribution in [0.4, 0.5) is 10.1 Å². The van der Waals surface area contributed by atoms with Crippen LogP contribution in [0.15, 0.2) is 36.4 Å². The molecule has 2 heterocycles. The minimum atomic E-state index is -1.30. The number of benzene rings is 2. The first-order chi connectivity index (χ1) is 19.2. The molecule has 3 aliphatic rings. The predicted octanol–water partition coefficient (Wildman–Crippen LogP) is 5.09. The molecule has 1 aliphatic carbocycles. The van der Waals surface area contributed by atoms with E-state index in [0.717, 1.165) is 0 Å². The number of nitrogens with one attached hydrogen (secondary N) is 3. The highest BCUT2D eigenvalue weighted by Gasteiger charge is 2.66. The third-order valence-electron chi connectivity index (χ3n) is 8.90. The number of carbonyl (C=O) groups is 3. The Balaban J connectivity index is 1.58. The lowest BCUT2D eigenvalue weighted by Gasteiger charge is -2.45. The molecule has 2 fully saturated rings. The summed E-state index contributed by atoms with van der Waals surface area (Å²) in [6, 6.07) is 8.33. The zero-order valence-corrected chi connectivity index (χ0v) is 25.3. The van der Waals surface area contributed by atoms with E-state index in [0.29, 0.717) is 42.0 Å². The monoisotopic (exact) mass is 602 g/mol. The van der Waals surface area contributed by atoms with Gasteiger partial charge >= 0.3 is 0 Å². The van der Waals surface area contributed by atoms with Crippen molar-refractivity contribution < 1.29 is 18.8 Å². The molecule has 7 nitrogen and oxygen atoms in total. The largest absolute Gasteiger partial charge is 0.352 e. The van der Waals surface area contributed by atoms with E-state index in [1.807, 2.05) is 6.92 Å². The van der Waals surface area contributed by atoms with Crippen LogP contribution < -0.4 is 21.7 Å². The fourth-order valence-corrected chi connectivity index (χ4v) is 7.72. The van der Waals surface area contributed by atoms with Gasteiger partial charge < -0.3 is 21.7 Å². The van der Waals surface area contributed by atoms with Gasteiger partial charge in [0, 0.05) is 35.1 Å². The number of hydrogen-bond acceptors (Lipinski definition) is 5. The second-order valence-electron chi connectivity index (χ2n) is 13.4. The first-order valence-electron chi connectivity index (χ1n) is 14.0. The van der Waals surface area contributed by atoms with E-state index in [1.54, 1.807) is 30.3 Å². The number of nitrogens with two attached hydrogens (primary N) is 1. The first kappa shape index (κ1) is 30.0. The lowest BCUT2D eigenvalue weighted by molar-refractivity contribution is -0.126. The minimum absolute atomic E-state index is 0.00249. The highest BCUT2D eigenvalue weighted by molar-refractivity contribution is 6.31. The van der Waals surface area contributed by atoms with E-state index in [9.17, 15) is 14.4 Å². The molecule has 5 rings (SSSR count). The fraction of sp³-hybridized carbons (Fsp3) is 0.516. The molecule has 0 unspecified atom stereocenters. The Kier molecular flexibility index (Phi) is 7.77. The molecular weight excluding hydrogens is 566 g/mol. The van der Waals surface area contributed by atoms with E-state index in [4.69, 9.17) is 28.9 Å². The zero-order valence-electron chi connectivity index (χ0n) is 23.7. The van der Waals surface area contributed by atoms with Gasteiger partial charge in [0.05, 0.1) is 17.6 Å². The number of ketones is 1. The Morgan fingerprint density at radius 3 is 2.54 bits per heavy atom. The number of hydrogen-bond donors (Lipinski definition) is 4. The van der Waals surface area contributed by atoms with Crippen LogP contribution in [-0.2, 0) is 19.8 Å². The molecule has 1 saturated carbocycles. The van der Waals surface area contributed by atoms with Crippen LogP contribution in [0.3, 0.4) is 0 Å². The zero-order chi connectivity index (χ0) is 29.9. The minimum Gasteiger partial charge on any atom is -0.352 e. The Hall–Kier alpha value is -2.52. The van der Waals surface area contributed by atoms with Crippen LogP contribution in [0.2, 0.25) is 10.0 Å². The van der Waals surface area contributed by atoms with Crippen LogP contribution in [-0.4, -0.2) is 42.3 Å². The molecule has 10 heteroatoms. The Labute approximate surface area is 250 Å². The number of amides is 2. The van der Waals surface area contributed by atoms with Crippen LogP contribution in [0.5, 0.6) is 0 Å². The van der Waals surface area contributed by atoms with Gasteiger partial charge in [-0.3, -0.25) is 14.4 Å². The van der Waals surface area contributed by atoms with E-state index >= 15 is 4.39 Å². The number of fused-ring (bicyclic) bond motifs is 2. The van der Waals surface area contributed by atoms with Gasteiger partial charge in [0.2, 0.25) is 11.8 Å². The average Bonchev–Trinajstić information content (AvgIpc) is 3.33. The Bertz CT molecular complexity index is 1400. The summed E-state index contributed by atoms with van der Waals surface area (Å²) in [5.74, 6) is -2.20. The quantitative estimate of drug-likeness (QED) is 0.353. The Morgan fingerprint density at radius 1 is 1.17 bits per heavy atom. The summed E-state index contributed by atoms with van der Waals surface area (Å²) in [4.78, 5) is 40.2. The van der Waals surface area contributed by atoms with Gasteiger partial charge in [0.15, 0.2) is 0 Å². The van der Waals surface area contributed by atoms with Gasteiger partial charge in [-0.1, -0.05) is 69.1 Å². The summed E-state index contributed by atoms with van der Waals surface area (Å²) >= 11 is 12.6. The Morgan fingerprint density at radius 2 is 1.88 bits per heavy atom. The van der Waals surface area contributed by atoms with E-state index in [1.165, 1.54) is 6.07 Å². The lowest BCUT2D eigenvalue weighted by Crippen LogP contribution is -2.55. The highest BCUT2D eigenvalue weighted by Crippen LogP contribution is 2.57. The molecular formula is C31H37Cl2FN4O3. The maximum absolute atomic E-state index is 15.9. The maximum atomic E-state index is 15.9. The van der Waals surface area contributed by atoms with Crippen molar-refractivity contribution in [3.8, 4) is 0 Å². The predicted molar refractivity (Wildman–Crippen MR) is 159 cm³/mol. The standard InChI is InChI=1S/C31H37Cl2FN4O3/c1-29(2,3)14-23-31(20-9-8-16(32)10-22(20)37-28(31)41)24(19-6-5-7-21(33)25(19)34)26(38-23)27(40)36-17-11-30(4,12-17)13-18(39)15-35/h5-10,17,23-24,26,38H,11-15,35H2,1-4H3,(H,36,40)(H,37,41)/t17-,23-,24+,26-,30+,31+/m1/s1. The fourth-order valence-electron chi connectivity index (χ4n) is 7.37. The average molecular weight is 604 g/mol. The summed E-state index contributed by atoms with van der Waals surface area (Å²) < 4.78 is 15.9. The third kappa shape index (κ3) is 5.29. The van der Waals surface area contributed by atoms with Crippen molar-refractivity contribution in [3.63, 3.8) is 0 Å². The number of rotatable bonds is 7. The summed E-state index contributed by atoms with van der Waals surface area (Å²) in [5.41, 5.74) is 5.17. The molecule has 0 bridgehead atoms. The normalized spacial score (nSPS) is 30.6. The SMILES string of the molecule is CC(C)(C)C[C@H]1N[C@@H](C(=O)N[C@H]2C[C@@](C)(CC(=O)CN)C2)[C@H](c2cccc(Cl)c2F)[C@@]12C(=O)Nc1cc(Cl)ccc12. The van der Waals surface area contributed by atoms with E-state index < -0.39 is 29.2 Å². The van der Waals surface area contributed by atoms with E-state index in [2.05, 4.69) is 36.7 Å². The molecule has 2 aromatic carbocycles. The summed E-state index contributed by atoms with van der Waals surface area (Å²) in [7, 11) is 0. The molecule has 4 atom stereocenters. The van der Waals surface area contributed by atoms with Crippen molar-refractivity contribution in [3.05, 3.63) is 63.4 Å². The van der Waals surface area contributed by atoms with Crippen LogP contribution in [0.25, 0.3) is 0 Å². The maximum Gasteiger partial charge on any atom is 0.238 e. The first-order valence-corrected chi connectivity index (χ1v) is 14.8. The van der Waals surface area contributed by atoms with Gasteiger partial charge in [-0.05, 0) is 59.4 Å². The topological polar surface area (TPSA) is 113 Å². The van der Waals surface area contributed by atoms with Gasteiger partial charge in [-0.25, -0.2) is 4.39 Å². The van der Waals surface area contributed by atoms with Crippen LogP contribution in [0.1, 0.15) is 70.4 Å². The van der Waals surface area contributed by atoms with Crippen molar-refractivity contribution in [2.24, 2.45) is 16.6 Å². The second kappa shape index (κ2) is 10.6. The number of carbonyl (C=O) groups excluding carboxylic acids is 3. The highest BCUT2D eigenvalue weighted by atomic mass is 35.5. The van der Waals surface area contributed by atoms with Crippen molar-refractivity contribution in [1.29, 1.82) is 0 Å². The lowest BCUT2D eigenvalue weighted by atomic mass is 9.62. The van der Waals surface area contributed by atoms with Crippen molar-refractivity contribution in [1.82, 2.24) is 10.6 Å². The molecule has 1 saturated heterocycles. The van der Waals surface area contributed by atoms with Gasteiger partial charge in [-0.15, -0.1) is 0 Å². The van der Waals surface area contributed by atoms with Crippen LogP contribution in [0, 0.1) is 16.6 Å². The molecule has 0 radical (unpaired) electrons. The van der Waals surface area contributed by atoms with Gasteiger partial charge in [0.1, 0.15) is 17.0 Å².